The molecule has 0 aliphatic heterocycles. The second-order valence-corrected chi connectivity index (χ2v) is 7.43. The highest BCUT2D eigenvalue weighted by Gasteiger charge is 2.34. The van der Waals surface area contributed by atoms with E-state index in [1.165, 1.54) is 7.11 Å². The van der Waals surface area contributed by atoms with Crippen molar-refractivity contribution in [1.29, 1.82) is 0 Å². The van der Waals surface area contributed by atoms with Crippen LogP contribution in [0.2, 0.25) is 0 Å². The minimum Gasteiger partial charge on any atom is -0.497 e. The number of nitrogens with one attached hydrogen (secondary N) is 1. The number of aromatic nitrogens is 2. The lowest BCUT2D eigenvalue weighted by atomic mass is 10.1. The van der Waals surface area contributed by atoms with E-state index in [0.717, 1.165) is 49.2 Å². The van der Waals surface area contributed by atoms with Crippen molar-refractivity contribution in [1.82, 2.24) is 15.4 Å². The molecule has 1 aliphatic rings. The molecule has 0 bridgehead atoms. The van der Waals surface area contributed by atoms with E-state index in [4.69, 9.17) is 9.57 Å². The zero-order valence-corrected chi connectivity index (χ0v) is 17.0. The van der Waals surface area contributed by atoms with Crippen LogP contribution in [0.5, 0.6) is 5.75 Å². The molecule has 0 saturated carbocycles. The van der Waals surface area contributed by atoms with E-state index in [1.807, 2.05) is 6.08 Å². The van der Waals surface area contributed by atoms with Crippen LogP contribution in [0.1, 0.15) is 31.4 Å². The van der Waals surface area contributed by atoms with Gasteiger partial charge in [0.05, 0.1) is 12.8 Å². The van der Waals surface area contributed by atoms with Gasteiger partial charge < -0.3 is 9.57 Å². The van der Waals surface area contributed by atoms with Crippen molar-refractivity contribution in [3.05, 3.63) is 47.8 Å². The third kappa shape index (κ3) is 6.12. The number of benzene rings is 1. The van der Waals surface area contributed by atoms with Crippen molar-refractivity contribution in [2.24, 2.45) is 0 Å². The molecule has 0 spiro atoms. The Labute approximate surface area is 175 Å². The maximum absolute atomic E-state index is 13.3. The number of rotatable bonds is 7. The van der Waals surface area contributed by atoms with Gasteiger partial charge in [0.2, 0.25) is 0 Å². The van der Waals surface area contributed by atoms with Gasteiger partial charge in [0.25, 0.3) is 0 Å². The summed E-state index contributed by atoms with van der Waals surface area (Å²) >= 11 is 0.781. The first-order valence-electron chi connectivity index (χ1n) is 9.23. The van der Waals surface area contributed by atoms with Gasteiger partial charge in [-0.2, -0.15) is 13.2 Å². The molecule has 0 atom stereocenters. The lowest BCUT2D eigenvalue weighted by Crippen LogP contribution is -2.22. The van der Waals surface area contributed by atoms with Crippen LogP contribution in [-0.4, -0.2) is 28.8 Å². The second-order valence-electron chi connectivity index (χ2n) is 6.49. The molecular weight excluding hydrogens is 419 g/mol. The van der Waals surface area contributed by atoms with Crippen molar-refractivity contribution in [3.8, 4) is 17.0 Å². The fourth-order valence-corrected chi connectivity index (χ4v) is 3.38. The lowest BCUT2D eigenvalue weighted by Gasteiger charge is -2.14. The molecule has 1 aliphatic carbocycles. The summed E-state index contributed by atoms with van der Waals surface area (Å²) < 4.78 is 44.9. The number of carbonyl (C=O) groups excluding carboxylic acids is 1. The van der Waals surface area contributed by atoms with Crippen LogP contribution in [0.15, 0.2) is 47.3 Å². The number of halogens is 3. The molecule has 6 nitrogen and oxygen atoms in total. The van der Waals surface area contributed by atoms with Crippen LogP contribution >= 0.6 is 11.8 Å². The molecule has 3 rings (SSSR count). The van der Waals surface area contributed by atoms with Crippen LogP contribution < -0.4 is 10.2 Å². The van der Waals surface area contributed by atoms with Crippen LogP contribution in [0.4, 0.5) is 13.2 Å². The van der Waals surface area contributed by atoms with Gasteiger partial charge in [0, 0.05) is 11.3 Å². The Balaban J connectivity index is 1.71. The standard InChI is InChI=1S/C20H20F3N3O3S/c1-28-15-9-7-13(8-10-15)16-11-17(20(21,22)23)25-19(24-16)30-12-18(27)29-26-14-5-3-2-4-6-14/h5,7-11,26H,2-4,6,12H2,1H3. The Morgan fingerprint density at radius 1 is 1.20 bits per heavy atom. The maximum Gasteiger partial charge on any atom is 0.433 e. The van der Waals surface area contributed by atoms with Gasteiger partial charge in [-0.25, -0.2) is 20.2 Å². The predicted octanol–water partition coefficient (Wildman–Crippen LogP) is 4.77. The fourth-order valence-electron chi connectivity index (χ4n) is 2.75. The molecule has 0 fully saturated rings. The number of allylic oxidation sites excluding steroid dienone is 2. The minimum atomic E-state index is -4.64. The van der Waals surface area contributed by atoms with E-state index in [0.29, 0.717) is 11.3 Å². The van der Waals surface area contributed by atoms with E-state index < -0.39 is 17.8 Å². The minimum absolute atomic E-state index is 0.0985. The Hall–Kier alpha value is -2.75. The number of alkyl halides is 3. The van der Waals surface area contributed by atoms with E-state index >= 15 is 0 Å². The molecular formula is C20H20F3N3O3S. The average Bonchev–Trinajstić information content (AvgIpc) is 2.76. The molecule has 30 heavy (non-hydrogen) atoms. The highest BCUT2D eigenvalue weighted by Crippen LogP contribution is 2.32. The monoisotopic (exact) mass is 439 g/mol. The largest absolute Gasteiger partial charge is 0.497 e. The van der Waals surface area contributed by atoms with Gasteiger partial charge >= 0.3 is 12.1 Å². The summed E-state index contributed by atoms with van der Waals surface area (Å²) in [5.41, 5.74) is 2.93. The first-order valence-corrected chi connectivity index (χ1v) is 10.2. The van der Waals surface area contributed by atoms with E-state index in [-0.39, 0.29) is 16.6 Å². The molecule has 160 valence electrons. The molecule has 0 radical (unpaired) electrons. The molecule has 0 unspecified atom stereocenters. The highest BCUT2D eigenvalue weighted by molar-refractivity contribution is 7.99. The van der Waals surface area contributed by atoms with Gasteiger partial charge in [0.15, 0.2) is 5.16 Å². The third-order valence-electron chi connectivity index (χ3n) is 4.29. The zero-order chi connectivity index (χ0) is 21.6. The quantitative estimate of drug-likeness (QED) is 0.378. The number of hydrogen-bond acceptors (Lipinski definition) is 7. The summed E-state index contributed by atoms with van der Waals surface area (Å²) in [5, 5.41) is -0.163. The summed E-state index contributed by atoms with van der Waals surface area (Å²) in [6.45, 7) is 0. The van der Waals surface area contributed by atoms with Crippen molar-refractivity contribution < 1.29 is 27.5 Å². The lowest BCUT2D eigenvalue weighted by molar-refractivity contribution is -0.146. The average molecular weight is 439 g/mol. The van der Waals surface area contributed by atoms with Crippen LogP contribution in [0.25, 0.3) is 11.3 Å². The number of thioether (sulfide) groups is 1. The van der Waals surface area contributed by atoms with Crippen LogP contribution in [0, 0.1) is 0 Å². The number of carbonyl (C=O) groups is 1. The fraction of sp³-hybridized carbons (Fsp3) is 0.350. The van der Waals surface area contributed by atoms with Crippen molar-refractivity contribution in [2.75, 3.05) is 12.9 Å². The summed E-state index contributed by atoms with van der Waals surface area (Å²) in [6, 6.07) is 7.33. The topological polar surface area (TPSA) is 73.3 Å². The Morgan fingerprint density at radius 2 is 1.97 bits per heavy atom. The summed E-state index contributed by atoms with van der Waals surface area (Å²) in [7, 11) is 1.49. The molecule has 1 heterocycles. The van der Waals surface area contributed by atoms with Gasteiger partial charge in [0.1, 0.15) is 17.2 Å². The van der Waals surface area contributed by atoms with E-state index in [2.05, 4.69) is 15.4 Å². The molecule has 10 heteroatoms. The zero-order valence-electron chi connectivity index (χ0n) is 16.2. The maximum atomic E-state index is 13.3. The molecule has 1 aromatic carbocycles. The first-order chi connectivity index (χ1) is 14.3. The predicted molar refractivity (Wildman–Crippen MR) is 106 cm³/mol. The molecule has 1 aromatic heterocycles. The highest BCUT2D eigenvalue weighted by atomic mass is 32.2. The number of hydroxylamine groups is 1. The smallest absolute Gasteiger partial charge is 0.433 e. The molecule has 2 aromatic rings. The van der Waals surface area contributed by atoms with E-state index in [9.17, 15) is 18.0 Å². The van der Waals surface area contributed by atoms with Crippen LogP contribution in [-0.2, 0) is 15.8 Å². The number of methoxy groups -OCH3 is 1. The third-order valence-corrected chi connectivity index (χ3v) is 5.11. The Morgan fingerprint density at radius 3 is 2.60 bits per heavy atom. The van der Waals surface area contributed by atoms with Gasteiger partial charge in [-0.15, -0.1) is 0 Å². The number of ether oxygens (including phenoxy) is 1. The summed E-state index contributed by atoms with van der Waals surface area (Å²) in [5.74, 6) is -0.288. The van der Waals surface area contributed by atoms with Gasteiger partial charge in [-0.1, -0.05) is 17.8 Å². The summed E-state index contributed by atoms with van der Waals surface area (Å²) in [4.78, 5) is 24.6. The van der Waals surface area contributed by atoms with Crippen molar-refractivity contribution in [3.63, 3.8) is 0 Å². The molecule has 0 amide bonds. The van der Waals surface area contributed by atoms with Crippen molar-refractivity contribution >= 4 is 17.7 Å². The number of nitrogens with zero attached hydrogens (tertiary/aromatic N) is 2. The molecule has 1 N–H and O–H groups in total. The van der Waals surface area contributed by atoms with E-state index in [1.54, 1.807) is 24.3 Å². The Bertz CT molecular complexity index is 918. The first kappa shape index (κ1) is 21.9. The molecule has 0 saturated heterocycles. The normalized spacial score (nSPS) is 14.1. The summed E-state index contributed by atoms with van der Waals surface area (Å²) in [6.07, 6.45) is 1.13. The van der Waals surface area contributed by atoms with Gasteiger partial charge in [-0.3, -0.25) is 0 Å². The SMILES string of the molecule is COc1ccc(-c2cc(C(F)(F)F)nc(SCC(=O)ONC3=CCCCC3)n2)cc1. The van der Waals surface area contributed by atoms with Gasteiger partial charge in [-0.05, 0) is 56.0 Å². The number of hydrogen-bond donors (Lipinski definition) is 1. The van der Waals surface area contributed by atoms with Crippen molar-refractivity contribution in [2.45, 2.75) is 37.0 Å². The van der Waals surface area contributed by atoms with Crippen LogP contribution in [0.3, 0.4) is 0 Å². The second kappa shape index (κ2) is 9.84. The Kier molecular flexibility index (Phi) is 7.20.